The van der Waals surface area contributed by atoms with Gasteiger partial charge in [-0.05, 0) is 36.8 Å². The van der Waals surface area contributed by atoms with Crippen molar-refractivity contribution in [2.75, 3.05) is 18.9 Å². The Labute approximate surface area is 185 Å². The quantitative estimate of drug-likeness (QED) is 0.461. The van der Waals surface area contributed by atoms with E-state index in [4.69, 9.17) is 13.9 Å². The van der Waals surface area contributed by atoms with Crippen LogP contribution in [0.4, 0.5) is 5.69 Å². The average Bonchev–Trinajstić information content (AvgIpc) is 2.79. The van der Waals surface area contributed by atoms with E-state index in [2.05, 4.69) is 4.72 Å². The standard InChI is InChI=1S/C24H21NO6S/c1-15-4-10-19(11-5-15)32(27,28)25-21-12-18(30-3)13-22-23(21)24(26)20(14-31-22)16-6-8-17(29-2)9-7-16/h4-14,25H,1-3H3. The first-order valence-corrected chi connectivity index (χ1v) is 11.2. The van der Waals surface area contributed by atoms with Gasteiger partial charge < -0.3 is 13.9 Å². The van der Waals surface area contributed by atoms with Gasteiger partial charge in [0.15, 0.2) is 0 Å². The van der Waals surface area contributed by atoms with Crippen molar-refractivity contribution in [2.24, 2.45) is 0 Å². The van der Waals surface area contributed by atoms with Gasteiger partial charge in [0.05, 0.1) is 35.8 Å². The fourth-order valence-electron chi connectivity index (χ4n) is 3.32. The molecule has 8 heteroatoms. The van der Waals surface area contributed by atoms with Crippen molar-refractivity contribution in [3.63, 3.8) is 0 Å². The molecule has 0 bridgehead atoms. The van der Waals surface area contributed by atoms with Crippen molar-refractivity contribution in [1.29, 1.82) is 0 Å². The van der Waals surface area contributed by atoms with Crippen molar-refractivity contribution < 1.29 is 22.3 Å². The second kappa shape index (κ2) is 8.39. The molecule has 1 heterocycles. The van der Waals surface area contributed by atoms with E-state index in [1.165, 1.54) is 37.6 Å². The Kier molecular flexibility index (Phi) is 5.63. The van der Waals surface area contributed by atoms with Crippen LogP contribution in [-0.4, -0.2) is 22.6 Å². The zero-order valence-corrected chi connectivity index (χ0v) is 18.5. The Balaban J connectivity index is 1.88. The Hall–Kier alpha value is -3.78. The highest BCUT2D eigenvalue weighted by molar-refractivity contribution is 7.92. The van der Waals surface area contributed by atoms with Crippen LogP contribution in [-0.2, 0) is 10.0 Å². The van der Waals surface area contributed by atoms with Crippen LogP contribution in [0.2, 0.25) is 0 Å². The summed E-state index contributed by atoms with van der Waals surface area (Å²) in [6.07, 6.45) is 1.35. The van der Waals surface area contributed by atoms with Crippen LogP contribution in [0.3, 0.4) is 0 Å². The molecule has 0 aliphatic rings. The molecule has 32 heavy (non-hydrogen) atoms. The minimum Gasteiger partial charge on any atom is -0.497 e. The van der Waals surface area contributed by atoms with Crippen LogP contribution in [0.5, 0.6) is 11.5 Å². The minimum absolute atomic E-state index is 0.0732. The van der Waals surface area contributed by atoms with Crippen molar-refractivity contribution in [1.82, 2.24) is 0 Å². The summed E-state index contributed by atoms with van der Waals surface area (Å²) in [7, 11) is -0.950. The maximum absolute atomic E-state index is 13.4. The molecule has 0 unspecified atom stereocenters. The summed E-state index contributed by atoms with van der Waals surface area (Å²) in [5.74, 6) is 0.995. The lowest BCUT2D eigenvalue weighted by atomic mass is 10.0. The number of methoxy groups -OCH3 is 2. The molecule has 7 nitrogen and oxygen atoms in total. The number of sulfonamides is 1. The number of nitrogens with one attached hydrogen (secondary N) is 1. The van der Waals surface area contributed by atoms with Crippen LogP contribution >= 0.6 is 0 Å². The summed E-state index contributed by atoms with van der Waals surface area (Å²) in [5, 5.41) is 0.106. The normalized spacial score (nSPS) is 11.3. The summed E-state index contributed by atoms with van der Waals surface area (Å²) in [6, 6.07) is 16.3. The van der Waals surface area contributed by atoms with E-state index in [1.807, 2.05) is 6.92 Å². The van der Waals surface area contributed by atoms with Gasteiger partial charge in [-0.3, -0.25) is 9.52 Å². The molecule has 0 aliphatic heterocycles. The third-order valence-corrected chi connectivity index (χ3v) is 6.44. The number of ether oxygens (including phenoxy) is 2. The number of anilines is 1. The molecule has 0 fully saturated rings. The van der Waals surface area contributed by atoms with Gasteiger partial charge in [-0.25, -0.2) is 8.42 Å². The van der Waals surface area contributed by atoms with Crippen LogP contribution in [0.25, 0.3) is 22.1 Å². The number of rotatable bonds is 6. The molecular weight excluding hydrogens is 430 g/mol. The second-order valence-corrected chi connectivity index (χ2v) is 8.86. The summed E-state index contributed by atoms with van der Waals surface area (Å²) < 4.78 is 44.6. The molecule has 164 valence electrons. The van der Waals surface area contributed by atoms with E-state index in [1.54, 1.807) is 43.5 Å². The zero-order chi connectivity index (χ0) is 22.9. The van der Waals surface area contributed by atoms with E-state index in [0.29, 0.717) is 22.6 Å². The van der Waals surface area contributed by atoms with Crippen LogP contribution in [0.1, 0.15) is 5.56 Å². The largest absolute Gasteiger partial charge is 0.497 e. The first kappa shape index (κ1) is 21.5. The van der Waals surface area contributed by atoms with Crippen molar-refractivity contribution in [2.45, 2.75) is 11.8 Å². The van der Waals surface area contributed by atoms with Gasteiger partial charge in [-0.15, -0.1) is 0 Å². The van der Waals surface area contributed by atoms with Gasteiger partial charge in [0.25, 0.3) is 10.0 Å². The number of benzene rings is 3. The molecule has 4 aromatic rings. The van der Waals surface area contributed by atoms with Gasteiger partial charge in [0, 0.05) is 12.1 Å². The SMILES string of the molecule is COc1ccc(-c2coc3cc(OC)cc(NS(=O)(=O)c4ccc(C)cc4)c3c2=O)cc1. The molecule has 4 rings (SSSR count). The maximum Gasteiger partial charge on any atom is 0.261 e. The minimum atomic E-state index is -3.95. The number of hydrogen-bond donors (Lipinski definition) is 1. The number of fused-ring (bicyclic) bond motifs is 1. The lowest BCUT2D eigenvalue weighted by Crippen LogP contribution is -2.16. The van der Waals surface area contributed by atoms with E-state index in [9.17, 15) is 13.2 Å². The van der Waals surface area contributed by atoms with Gasteiger partial charge in [-0.2, -0.15) is 0 Å². The molecule has 1 aromatic heterocycles. The predicted octanol–water partition coefficient (Wildman–Crippen LogP) is 4.59. The molecule has 0 aliphatic carbocycles. The van der Waals surface area contributed by atoms with Gasteiger partial charge in [-0.1, -0.05) is 29.8 Å². The topological polar surface area (TPSA) is 94.8 Å². The molecule has 0 saturated heterocycles. The van der Waals surface area contributed by atoms with Gasteiger partial charge in [0.2, 0.25) is 5.43 Å². The fraction of sp³-hybridized carbons (Fsp3) is 0.125. The van der Waals surface area contributed by atoms with E-state index >= 15 is 0 Å². The first-order valence-electron chi connectivity index (χ1n) is 9.70. The summed E-state index contributed by atoms with van der Waals surface area (Å²) in [4.78, 5) is 13.5. The Bertz CT molecular complexity index is 1440. The van der Waals surface area contributed by atoms with E-state index in [-0.39, 0.29) is 27.0 Å². The number of hydrogen-bond acceptors (Lipinski definition) is 6. The van der Waals surface area contributed by atoms with E-state index in [0.717, 1.165) is 5.56 Å². The second-order valence-electron chi connectivity index (χ2n) is 7.17. The van der Waals surface area contributed by atoms with Crippen molar-refractivity contribution in [3.8, 4) is 22.6 Å². The van der Waals surface area contributed by atoms with Crippen molar-refractivity contribution in [3.05, 3.63) is 82.7 Å². The molecule has 1 N–H and O–H groups in total. The molecule has 0 saturated carbocycles. The van der Waals surface area contributed by atoms with Crippen LogP contribution in [0.15, 0.2) is 81.0 Å². The Morgan fingerprint density at radius 2 is 1.53 bits per heavy atom. The predicted molar refractivity (Wildman–Crippen MR) is 123 cm³/mol. The highest BCUT2D eigenvalue weighted by Gasteiger charge is 2.20. The first-order chi connectivity index (χ1) is 15.3. The number of aryl methyl sites for hydroxylation is 1. The molecule has 0 spiro atoms. The monoisotopic (exact) mass is 451 g/mol. The van der Waals surface area contributed by atoms with Crippen LogP contribution < -0.4 is 19.6 Å². The zero-order valence-electron chi connectivity index (χ0n) is 17.7. The highest BCUT2D eigenvalue weighted by atomic mass is 32.2. The molecular formula is C24H21NO6S. The molecule has 0 amide bonds. The fourth-order valence-corrected chi connectivity index (χ4v) is 4.38. The summed E-state index contributed by atoms with van der Waals surface area (Å²) >= 11 is 0. The Morgan fingerprint density at radius 3 is 2.16 bits per heavy atom. The third-order valence-electron chi connectivity index (χ3n) is 5.06. The van der Waals surface area contributed by atoms with E-state index < -0.39 is 10.0 Å². The van der Waals surface area contributed by atoms with Gasteiger partial charge >= 0.3 is 0 Å². The Morgan fingerprint density at radius 1 is 0.875 bits per heavy atom. The lowest BCUT2D eigenvalue weighted by molar-refractivity contribution is 0.414. The summed E-state index contributed by atoms with van der Waals surface area (Å²) in [5.41, 5.74) is 1.74. The van der Waals surface area contributed by atoms with Crippen molar-refractivity contribution >= 4 is 26.7 Å². The smallest absolute Gasteiger partial charge is 0.261 e. The van der Waals surface area contributed by atoms with Gasteiger partial charge in [0.1, 0.15) is 23.3 Å². The molecule has 3 aromatic carbocycles. The molecule has 0 radical (unpaired) electrons. The maximum atomic E-state index is 13.4. The average molecular weight is 452 g/mol. The summed E-state index contributed by atoms with van der Waals surface area (Å²) in [6.45, 7) is 1.87. The highest BCUT2D eigenvalue weighted by Crippen LogP contribution is 2.31. The third kappa shape index (κ3) is 4.04. The lowest BCUT2D eigenvalue weighted by Gasteiger charge is -2.13. The molecule has 0 atom stereocenters. The van der Waals surface area contributed by atoms with Crippen LogP contribution in [0, 0.1) is 6.92 Å².